The van der Waals surface area contributed by atoms with Gasteiger partial charge in [-0.3, -0.25) is 0 Å². The van der Waals surface area contributed by atoms with Crippen LogP contribution < -0.4 is 0 Å². The third-order valence-corrected chi connectivity index (χ3v) is 3.40. The van der Waals surface area contributed by atoms with E-state index in [9.17, 15) is 0 Å². The topological polar surface area (TPSA) is 35.1 Å². The van der Waals surface area contributed by atoms with Crippen LogP contribution in [0.2, 0.25) is 0 Å². The molecule has 4 rings (SSSR count). The minimum absolute atomic E-state index is 0.981. The van der Waals surface area contributed by atoms with Crippen LogP contribution in [-0.4, -0.2) is 18.9 Å². The Balaban J connectivity index is 1.92. The largest absolute Gasteiger partial charge is 0.328 e. The molecule has 0 bridgehead atoms. The van der Waals surface area contributed by atoms with Gasteiger partial charge in [0.15, 0.2) is 0 Å². The van der Waals surface area contributed by atoms with E-state index in [1.165, 1.54) is 23.5 Å². The second-order valence-corrected chi connectivity index (χ2v) is 4.43. The first-order valence-electron chi connectivity index (χ1n) is 5.89. The molecule has 17 heavy (non-hydrogen) atoms. The van der Waals surface area contributed by atoms with Crippen LogP contribution in [0, 0.1) is 0 Å². The molecule has 4 heteroatoms. The summed E-state index contributed by atoms with van der Waals surface area (Å²) in [5.74, 6) is 1.21. The third kappa shape index (κ3) is 1.24. The molecule has 4 heterocycles. The van der Waals surface area contributed by atoms with E-state index in [-0.39, 0.29) is 0 Å². The van der Waals surface area contributed by atoms with Crippen LogP contribution in [0.4, 0.5) is 0 Å². The number of imidazole rings is 2. The first-order chi connectivity index (χ1) is 8.42. The summed E-state index contributed by atoms with van der Waals surface area (Å²) < 4.78 is 4.36. The van der Waals surface area contributed by atoms with Crippen molar-refractivity contribution in [2.24, 2.45) is 0 Å². The lowest BCUT2D eigenvalue weighted by molar-refractivity contribution is 0.755. The van der Waals surface area contributed by atoms with E-state index < -0.39 is 0 Å². The minimum atomic E-state index is 0.981. The van der Waals surface area contributed by atoms with Gasteiger partial charge < -0.3 is 8.97 Å². The van der Waals surface area contributed by atoms with Crippen LogP contribution in [0.5, 0.6) is 0 Å². The average molecular weight is 224 g/mol. The molecule has 0 aromatic carbocycles. The number of hydrogen-bond acceptors (Lipinski definition) is 2. The maximum absolute atomic E-state index is 4.48. The van der Waals surface area contributed by atoms with Crippen LogP contribution in [0.25, 0.3) is 16.9 Å². The second kappa shape index (κ2) is 3.20. The minimum Gasteiger partial charge on any atom is -0.328 e. The van der Waals surface area contributed by atoms with Crippen molar-refractivity contribution in [3.05, 3.63) is 42.7 Å². The Morgan fingerprint density at radius 2 is 2.18 bits per heavy atom. The van der Waals surface area contributed by atoms with Crippen LogP contribution in [-0.2, 0) is 13.0 Å². The summed E-state index contributed by atoms with van der Waals surface area (Å²) in [6.07, 6.45) is 10.2. The number of aryl methyl sites for hydroxylation is 1. The highest BCUT2D eigenvalue weighted by atomic mass is 15.1. The van der Waals surface area contributed by atoms with Gasteiger partial charge >= 0.3 is 0 Å². The number of aromatic nitrogens is 4. The highest BCUT2D eigenvalue weighted by molar-refractivity contribution is 5.61. The first-order valence-corrected chi connectivity index (χ1v) is 5.89. The SMILES string of the molecule is c1cn2cc(-c3cnc4n3CCC4)ccc2n1. The lowest BCUT2D eigenvalue weighted by Crippen LogP contribution is -1.96. The highest BCUT2D eigenvalue weighted by Gasteiger charge is 2.16. The summed E-state index contributed by atoms with van der Waals surface area (Å²) in [7, 11) is 0. The van der Waals surface area contributed by atoms with Crippen molar-refractivity contribution in [1.82, 2.24) is 18.9 Å². The molecule has 3 aromatic heterocycles. The van der Waals surface area contributed by atoms with Crippen molar-refractivity contribution in [3.8, 4) is 11.3 Å². The molecular weight excluding hydrogens is 212 g/mol. The van der Waals surface area contributed by atoms with Crippen LogP contribution in [0.3, 0.4) is 0 Å². The molecule has 0 atom stereocenters. The lowest BCUT2D eigenvalue weighted by Gasteiger charge is -2.05. The van der Waals surface area contributed by atoms with Crippen molar-refractivity contribution >= 4 is 5.65 Å². The quantitative estimate of drug-likeness (QED) is 0.634. The van der Waals surface area contributed by atoms with E-state index in [0.717, 1.165) is 18.6 Å². The van der Waals surface area contributed by atoms with Gasteiger partial charge in [-0.05, 0) is 18.6 Å². The maximum atomic E-state index is 4.48. The first kappa shape index (κ1) is 8.98. The van der Waals surface area contributed by atoms with Gasteiger partial charge in [-0.1, -0.05) is 0 Å². The van der Waals surface area contributed by atoms with E-state index >= 15 is 0 Å². The Hall–Kier alpha value is -2.10. The molecule has 0 saturated heterocycles. The predicted molar refractivity (Wildman–Crippen MR) is 64.7 cm³/mol. The van der Waals surface area contributed by atoms with Gasteiger partial charge in [0, 0.05) is 37.1 Å². The number of rotatable bonds is 1. The van der Waals surface area contributed by atoms with Gasteiger partial charge in [0.2, 0.25) is 0 Å². The number of fused-ring (bicyclic) bond motifs is 2. The molecule has 84 valence electrons. The zero-order valence-electron chi connectivity index (χ0n) is 9.37. The van der Waals surface area contributed by atoms with Crippen molar-refractivity contribution in [2.75, 3.05) is 0 Å². The molecular formula is C13H12N4. The zero-order valence-corrected chi connectivity index (χ0v) is 9.37. The zero-order chi connectivity index (χ0) is 11.2. The molecule has 0 spiro atoms. The van der Waals surface area contributed by atoms with Gasteiger partial charge in [-0.15, -0.1) is 0 Å². The van der Waals surface area contributed by atoms with E-state index in [4.69, 9.17) is 0 Å². The van der Waals surface area contributed by atoms with Crippen molar-refractivity contribution < 1.29 is 0 Å². The third-order valence-electron chi connectivity index (χ3n) is 3.40. The maximum Gasteiger partial charge on any atom is 0.136 e. The van der Waals surface area contributed by atoms with E-state index in [2.05, 4.69) is 26.8 Å². The molecule has 0 fully saturated rings. The standard InChI is InChI=1S/C13H12N4/c1-2-13-15-8-11(17(13)6-1)10-3-4-12-14-5-7-16(12)9-10/h3-5,7-9H,1-2,6H2. The molecule has 0 aliphatic carbocycles. The summed E-state index contributed by atoms with van der Waals surface area (Å²) >= 11 is 0. The van der Waals surface area contributed by atoms with E-state index in [1.807, 2.05) is 29.1 Å². The fourth-order valence-corrected chi connectivity index (χ4v) is 2.56. The van der Waals surface area contributed by atoms with Crippen LogP contribution in [0.15, 0.2) is 36.9 Å². The van der Waals surface area contributed by atoms with E-state index in [0.29, 0.717) is 0 Å². The number of pyridine rings is 1. The molecule has 4 nitrogen and oxygen atoms in total. The van der Waals surface area contributed by atoms with Gasteiger partial charge in [0.05, 0.1) is 11.9 Å². The van der Waals surface area contributed by atoms with E-state index in [1.54, 1.807) is 0 Å². The van der Waals surface area contributed by atoms with Gasteiger partial charge in [0.25, 0.3) is 0 Å². The molecule has 0 radical (unpaired) electrons. The van der Waals surface area contributed by atoms with Crippen molar-refractivity contribution in [2.45, 2.75) is 19.4 Å². The summed E-state index contributed by atoms with van der Waals surface area (Å²) in [5, 5.41) is 0. The Bertz CT molecular complexity index is 692. The summed E-state index contributed by atoms with van der Waals surface area (Å²) in [4.78, 5) is 8.73. The molecule has 0 amide bonds. The van der Waals surface area contributed by atoms with Gasteiger partial charge in [0.1, 0.15) is 11.5 Å². The summed E-state index contributed by atoms with van der Waals surface area (Å²) in [6, 6.07) is 4.16. The number of nitrogens with zero attached hydrogens (tertiary/aromatic N) is 4. The second-order valence-electron chi connectivity index (χ2n) is 4.43. The summed E-state index contributed by atoms with van der Waals surface area (Å²) in [6.45, 7) is 1.09. The lowest BCUT2D eigenvalue weighted by atomic mass is 10.2. The molecule has 0 N–H and O–H groups in total. The van der Waals surface area contributed by atoms with Gasteiger partial charge in [-0.25, -0.2) is 9.97 Å². The smallest absolute Gasteiger partial charge is 0.136 e. The Morgan fingerprint density at radius 1 is 1.18 bits per heavy atom. The predicted octanol–water partition coefficient (Wildman–Crippen LogP) is 2.14. The molecule has 1 aliphatic rings. The Morgan fingerprint density at radius 3 is 3.18 bits per heavy atom. The normalized spacial score (nSPS) is 14.4. The molecule has 1 aliphatic heterocycles. The monoisotopic (exact) mass is 224 g/mol. The van der Waals surface area contributed by atoms with Crippen LogP contribution >= 0.6 is 0 Å². The van der Waals surface area contributed by atoms with Crippen LogP contribution in [0.1, 0.15) is 12.2 Å². The Kier molecular flexibility index (Phi) is 1.69. The Labute approximate surface area is 98.6 Å². The molecule has 3 aromatic rings. The fraction of sp³-hybridized carbons (Fsp3) is 0.231. The van der Waals surface area contributed by atoms with Crippen molar-refractivity contribution in [1.29, 1.82) is 0 Å². The molecule has 0 unspecified atom stereocenters. The van der Waals surface area contributed by atoms with Gasteiger partial charge in [-0.2, -0.15) is 0 Å². The number of hydrogen-bond donors (Lipinski definition) is 0. The average Bonchev–Trinajstić information content (AvgIpc) is 3.03. The fourth-order valence-electron chi connectivity index (χ4n) is 2.56. The highest BCUT2D eigenvalue weighted by Crippen LogP contribution is 2.25. The van der Waals surface area contributed by atoms with Crippen molar-refractivity contribution in [3.63, 3.8) is 0 Å². The molecule has 0 saturated carbocycles. The summed E-state index contributed by atoms with van der Waals surface area (Å²) in [5.41, 5.74) is 3.40.